The maximum absolute atomic E-state index is 13.2. The number of thiophene rings is 1. The molecule has 7 nitrogen and oxygen atoms in total. The second-order valence-electron chi connectivity index (χ2n) is 11.0. The maximum atomic E-state index is 13.2. The first-order valence-electron chi connectivity index (χ1n) is 15.0. The summed E-state index contributed by atoms with van der Waals surface area (Å²) in [6.07, 6.45) is 5.42. The van der Waals surface area contributed by atoms with Crippen LogP contribution in [0.2, 0.25) is 0 Å². The first-order valence-corrected chi connectivity index (χ1v) is 15.8. The van der Waals surface area contributed by atoms with Gasteiger partial charge in [-0.05, 0) is 66.0 Å². The zero-order valence-corrected chi connectivity index (χ0v) is 25.2. The lowest BCUT2D eigenvalue weighted by Crippen LogP contribution is -2.29. The highest BCUT2D eigenvalue weighted by Crippen LogP contribution is 2.41. The number of aryl methyl sites for hydroxylation is 2. The number of nitro groups is 1. The van der Waals surface area contributed by atoms with Gasteiger partial charge in [0.15, 0.2) is 11.5 Å². The van der Waals surface area contributed by atoms with Crippen LogP contribution in [-0.4, -0.2) is 23.9 Å². The molecule has 6 rings (SSSR count). The normalized spacial score (nSPS) is 13.3. The number of rotatable bonds is 13. The molecular weight excluding hydrogens is 572 g/mol. The van der Waals surface area contributed by atoms with Crippen LogP contribution < -0.4 is 14.8 Å². The molecule has 4 aromatic carbocycles. The zero-order chi connectivity index (χ0) is 30.3. The average Bonchev–Trinajstić information content (AvgIpc) is 3.45. The van der Waals surface area contributed by atoms with E-state index in [0.29, 0.717) is 13.0 Å². The summed E-state index contributed by atoms with van der Waals surface area (Å²) in [5, 5.41) is 16.5. The Morgan fingerprint density at radius 3 is 2.45 bits per heavy atom. The van der Waals surface area contributed by atoms with E-state index in [1.54, 1.807) is 6.07 Å². The number of ether oxygens (including phenoxy) is 2. The standard InChI is InChI=1S/C36H34N2O5S/c39-32(27-18-19-33(31(22-27)38(40)41)43-24-25-10-3-1-4-11-25)23-37-30(26-12-5-2-6-13-26)20-21-42-34-16-9-15-29-28-14-7-8-17-35(28)44-36(29)34/h1-6,9-13,15-16,18-19,22,30,37H,7-8,14,17,20-21,23-24H2. The molecule has 0 saturated heterocycles. The van der Waals surface area contributed by atoms with Gasteiger partial charge in [0.1, 0.15) is 12.4 Å². The van der Waals surface area contributed by atoms with Gasteiger partial charge in [0, 0.05) is 29.0 Å². The maximum Gasteiger partial charge on any atom is 0.311 e. The molecule has 224 valence electrons. The van der Waals surface area contributed by atoms with Crippen LogP contribution in [0.4, 0.5) is 5.69 Å². The van der Waals surface area contributed by atoms with E-state index in [-0.39, 0.29) is 42.0 Å². The van der Waals surface area contributed by atoms with Gasteiger partial charge in [0.05, 0.1) is 22.8 Å². The van der Waals surface area contributed by atoms with Crippen molar-refractivity contribution < 1.29 is 19.2 Å². The summed E-state index contributed by atoms with van der Waals surface area (Å²) in [5.74, 6) is 0.800. The fraction of sp³-hybridized carbons (Fsp3) is 0.250. The molecule has 0 aliphatic heterocycles. The molecule has 0 fully saturated rings. The van der Waals surface area contributed by atoms with Crippen molar-refractivity contribution in [1.29, 1.82) is 0 Å². The number of fused-ring (bicyclic) bond motifs is 3. The van der Waals surface area contributed by atoms with Gasteiger partial charge in [-0.3, -0.25) is 14.9 Å². The number of nitrogens with one attached hydrogen (secondary N) is 1. The van der Waals surface area contributed by atoms with Crippen LogP contribution >= 0.6 is 11.3 Å². The number of ketones is 1. The lowest BCUT2D eigenvalue weighted by Gasteiger charge is -2.19. The van der Waals surface area contributed by atoms with Crippen molar-refractivity contribution in [2.75, 3.05) is 13.2 Å². The summed E-state index contributed by atoms with van der Waals surface area (Å²) in [5.41, 5.74) is 3.45. The summed E-state index contributed by atoms with van der Waals surface area (Å²) >= 11 is 1.86. The van der Waals surface area contributed by atoms with Crippen molar-refractivity contribution in [3.05, 3.63) is 134 Å². The van der Waals surface area contributed by atoms with E-state index in [1.807, 2.05) is 78.1 Å². The van der Waals surface area contributed by atoms with Gasteiger partial charge in [-0.1, -0.05) is 72.8 Å². The number of hydrogen-bond donors (Lipinski definition) is 1. The van der Waals surface area contributed by atoms with Gasteiger partial charge in [0.2, 0.25) is 0 Å². The van der Waals surface area contributed by atoms with Crippen molar-refractivity contribution >= 4 is 32.9 Å². The Balaban J connectivity index is 1.12. The quantitative estimate of drug-likeness (QED) is 0.0825. The Labute approximate surface area is 260 Å². The van der Waals surface area contributed by atoms with Gasteiger partial charge >= 0.3 is 5.69 Å². The number of carbonyl (C=O) groups is 1. The third-order valence-electron chi connectivity index (χ3n) is 8.04. The fourth-order valence-electron chi connectivity index (χ4n) is 5.74. The van der Waals surface area contributed by atoms with Crippen molar-refractivity contribution in [3.8, 4) is 11.5 Å². The SMILES string of the molecule is O=C(CNC(CCOc1cccc2c3c(sc12)CCCC3)c1ccccc1)c1ccc(OCc2ccccc2)c([N+](=O)[O-])c1. The van der Waals surface area contributed by atoms with E-state index in [1.165, 1.54) is 45.5 Å². The molecule has 1 N–H and O–H groups in total. The first-order chi connectivity index (χ1) is 21.6. The van der Waals surface area contributed by atoms with E-state index in [2.05, 4.69) is 17.4 Å². The molecule has 1 atom stereocenters. The zero-order valence-electron chi connectivity index (χ0n) is 24.4. The Morgan fingerprint density at radius 1 is 0.886 bits per heavy atom. The van der Waals surface area contributed by atoms with Crippen molar-refractivity contribution in [2.24, 2.45) is 0 Å². The highest BCUT2D eigenvalue weighted by Gasteiger charge is 2.21. The van der Waals surface area contributed by atoms with Gasteiger partial charge in [0.25, 0.3) is 0 Å². The number of Topliss-reactive ketones (excluding diaryl/α,β-unsaturated/α-hetero) is 1. The van der Waals surface area contributed by atoms with Crippen LogP contribution in [0.5, 0.6) is 11.5 Å². The largest absolute Gasteiger partial charge is 0.492 e. The van der Waals surface area contributed by atoms with Crippen LogP contribution in [0.15, 0.2) is 97.1 Å². The van der Waals surface area contributed by atoms with E-state index in [0.717, 1.165) is 29.7 Å². The predicted octanol–water partition coefficient (Wildman–Crippen LogP) is 8.25. The number of benzene rings is 4. The van der Waals surface area contributed by atoms with E-state index in [4.69, 9.17) is 9.47 Å². The molecule has 1 heterocycles. The van der Waals surface area contributed by atoms with Gasteiger partial charge < -0.3 is 14.8 Å². The second kappa shape index (κ2) is 13.8. The van der Waals surface area contributed by atoms with Crippen LogP contribution in [0.3, 0.4) is 0 Å². The molecule has 0 saturated carbocycles. The third kappa shape index (κ3) is 6.82. The number of carbonyl (C=O) groups excluding carboxylic acids is 1. The van der Waals surface area contributed by atoms with Gasteiger partial charge in [-0.15, -0.1) is 11.3 Å². The molecular formula is C36H34N2O5S. The minimum atomic E-state index is -0.515. The molecule has 1 aromatic heterocycles. The molecule has 0 amide bonds. The smallest absolute Gasteiger partial charge is 0.311 e. The van der Waals surface area contributed by atoms with Crippen LogP contribution in [-0.2, 0) is 19.4 Å². The molecule has 0 spiro atoms. The molecule has 44 heavy (non-hydrogen) atoms. The van der Waals surface area contributed by atoms with Crippen molar-refractivity contribution in [2.45, 2.75) is 44.8 Å². The van der Waals surface area contributed by atoms with Crippen LogP contribution in [0.25, 0.3) is 10.1 Å². The van der Waals surface area contributed by atoms with E-state index < -0.39 is 4.92 Å². The van der Waals surface area contributed by atoms with Crippen LogP contribution in [0, 0.1) is 10.1 Å². The molecule has 1 aliphatic carbocycles. The lowest BCUT2D eigenvalue weighted by atomic mass is 9.96. The summed E-state index contributed by atoms with van der Waals surface area (Å²) in [6.45, 7) is 0.691. The summed E-state index contributed by atoms with van der Waals surface area (Å²) in [4.78, 5) is 26.0. The van der Waals surface area contributed by atoms with E-state index >= 15 is 0 Å². The minimum absolute atomic E-state index is 0.0220. The second-order valence-corrected chi connectivity index (χ2v) is 12.1. The molecule has 0 bridgehead atoms. The molecule has 5 aromatic rings. The van der Waals surface area contributed by atoms with Crippen molar-refractivity contribution in [3.63, 3.8) is 0 Å². The Bertz CT molecular complexity index is 1750. The van der Waals surface area contributed by atoms with Crippen LogP contribution in [0.1, 0.15) is 57.2 Å². The average molecular weight is 607 g/mol. The first kappa shape index (κ1) is 29.5. The Kier molecular flexibility index (Phi) is 9.29. The molecule has 1 unspecified atom stereocenters. The lowest BCUT2D eigenvalue weighted by molar-refractivity contribution is -0.386. The van der Waals surface area contributed by atoms with Gasteiger partial charge in [-0.2, -0.15) is 0 Å². The number of hydrogen-bond acceptors (Lipinski definition) is 7. The molecule has 0 radical (unpaired) electrons. The Morgan fingerprint density at radius 2 is 1.66 bits per heavy atom. The summed E-state index contributed by atoms with van der Waals surface area (Å²) < 4.78 is 13.3. The highest BCUT2D eigenvalue weighted by molar-refractivity contribution is 7.19. The van der Waals surface area contributed by atoms with Gasteiger partial charge in [-0.25, -0.2) is 0 Å². The highest BCUT2D eigenvalue weighted by atomic mass is 32.1. The predicted molar refractivity (Wildman–Crippen MR) is 174 cm³/mol. The number of nitrogens with zero attached hydrogens (tertiary/aromatic N) is 1. The third-order valence-corrected chi connectivity index (χ3v) is 9.36. The minimum Gasteiger partial charge on any atom is -0.492 e. The topological polar surface area (TPSA) is 90.7 Å². The monoisotopic (exact) mass is 606 g/mol. The summed E-state index contributed by atoms with van der Waals surface area (Å²) in [7, 11) is 0. The molecule has 1 aliphatic rings. The fourth-order valence-corrected chi connectivity index (χ4v) is 7.10. The van der Waals surface area contributed by atoms with Crippen molar-refractivity contribution in [1.82, 2.24) is 5.32 Å². The summed E-state index contributed by atoms with van der Waals surface area (Å²) in [6, 6.07) is 30.0. The van der Waals surface area contributed by atoms with E-state index in [9.17, 15) is 14.9 Å². The Hall–Kier alpha value is -4.53. The number of nitro benzene ring substituents is 1. The molecule has 8 heteroatoms.